The van der Waals surface area contributed by atoms with Crippen molar-refractivity contribution in [3.05, 3.63) is 29.3 Å². The molecule has 0 N–H and O–H groups in total. The molecule has 0 aliphatic heterocycles. The topological polar surface area (TPSA) is 9.23 Å². The molecule has 0 atom stereocenters. The summed E-state index contributed by atoms with van der Waals surface area (Å²) in [6.07, 6.45) is 1.28. The molecule has 0 bridgehead atoms. The second-order valence-electron chi connectivity index (χ2n) is 4.31. The van der Waals surface area contributed by atoms with Crippen LogP contribution in [0.15, 0.2) is 18.2 Å². The van der Waals surface area contributed by atoms with Gasteiger partial charge in [0.2, 0.25) is 0 Å². The standard InChI is InChI=1S/C13H16F2O/c1-3-16-12-7-6-11(8-9(12)2)13(14,15)10-4-5-10/h6-8,10H,3-5H2,1-2H3. The van der Waals surface area contributed by atoms with Crippen molar-refractivity contribution in [3.63, 3.8) is 0 Å². The van der Waals surface area contributed by atoms with Crippen molar-refractivity contribution < 1.29 is 13.5 Å². The summed E-state index contributed by atoms with van der Waals surface area (Å²) in [5, 5.41) is 0. The van der Waals surface area contributed by atoms with Crippen LogP contribution in [-0.4, -0.2) is 6.61 Å². The first-order chi connectivity index (χ1) is 7.55. The fourth-order valence-electron chi connectivity index (χ4n) is 1.86. The van der Waals surface area contributed by atoms with Crippen LogP contribution in [0.1, 0.15) is 30.9 Å². The maximum absolute atomic E-state index is 13.8. The molecule has 1 saturated carbocycles. The maximum atomic E-state index is 13.8. The molecular weight excluding hydrogens is 210 g/mol. The summed E-state index contributed by atoms with van der Waals surface area (Å²) in [4.78, 5) is 0. The van der Waals surface area contributed by atoms with Gasteiger partial charge in [0.1, 0.15) is 5.75 Å². The minimum atomic E-state index is -2.67. The molecule has 0 spiro atoms. The summed E-state index contributed by atoms with van der Waals surface area (Å²) in [5.41, 5.74) is 0.899. The molecular formula is C13H16F2O. The summed E-state index contributed by atoms with van der Waals surface area (Å²) >= 11 is 0. The van der Waals surface area contributed by atoms with E-state index < -0.39 is 11.8 Å². The Kier molecular flexibility index (Phi) is 2.87. The molecule has 0 unspecified atom stereocenters. The Balaban J connectivity index is 2.26. The predicted molar refractivity (Wildman–Crippen MR) is 59.0 cm³/mol. The number of rotatable bonds is 4. The van der Waals surface area contributed by atoms with Crippen molar-refractivity contribution in [1.29, 1.82) is 0 Å². The summed E-state index contributed by atoms with van der Waals surface area (Å²) in [7, 11) is 0. The second-order valence-corrected chi connectivity index (χ2v) is 4.31. The van der Waals surface area contributed by atoms with Gasteiger partial charge in [0.15, 0.2) is 0 Å². The van der Waals surface area contributed by atoms with Crippen LogP contribution in [-0.2, 0) is 5.92 Å². The first-order valence-corrected chi connectivity index (χ1v) is 5.67. The molecule has 0 saturated heterocycles. The van der Waals surface area contributed by atoms with Gasteiger partial charge in [-0.05, 0) is 50.5 Å². The monoisotopic (exact) mass is 226 g/mol. The number of ether oxygens (including phenoxy) is 1. The minimum absolute atomic E-state index is 0.121. The third kappa shape index (κ3) is 2.04. The van der Waals surface area contributed by atoms with Crippen LogP contribution in [0.3, 0.4) is 0 Å². The van der Waals surface area contributed by atoms with E-state index in [-0.39, 0.29) is 5.56 Å². The van der Waals surface area contributed by atoms with Gasteiger partial charge in [-0.1, -0.05) is 0 Å². The number of aryl methyl sites for hydroxylation is 1. The molecule has 0 radical (unpaired) electrons. The van der Waals surface area contributed by atoms with E-state index in [0.29, 0.717) is 25.2 Å². The molecule has 1 aromatic rings. The van der Waals surface area contributed by atoms with E-state index in [0.717, 1.165) is 5.56 Å². The number of alkyl halides is 2. The average Bonchev–Trinajstić information content (AvgIpc) is 3.04. The van der Waals surface area contributed by atoms with Crippen LogP contribution >= 0.6 is 0 Å². The van der Waals surface area contributed by atoms with Crippen LogP contribution < -0.4 is 4.74 Å². The van der Waals surface area contributed by atoms with Gasteiger partial charge in [0.05, 0.1) is 6.61 Å². The zero-order valence-electron chi connectivity index (χ0n) is 9.59. The highest BCUT2D eigenvalue weighted by Gasteiger charge is 2.47. The zero-order chi connectivity index (χ0) is 11.8. The second kappa shape index (κ2) is 4.04. The number of hydrogen-bond donors (Lipinski definition) is 0. The van der Waals surface area contributed by atoms with E-state index in [1.165, 1.54) is 6.07 Å². The molecule has 0 heterocycles. The maximum Gasteiger partial charge on any atom is 0.276 e. The van der Waals surface area contributed by atoms with Crippen LogP contribution in [0, 0.1) is 12.8 Å². The van der Waals surface area contributed by atoms with Crippen LogP contribution in [0.4, 0.5) is 8.78 Å². The largest absolute Gasteiger partial charge is 0.494 e. The Hall–Kier alpha value is -1.12. The quantitative estimate of drug-likeness (QED) is 0.756. The first-order valence-electron chi connectivity index (χ1n) is 5.67. The van der Waals surface area contributed by atoms with Gasteiger partial charge in [0, 0.05) is 11.5 Å². The fraction of sp³-hybridized carbons (Fsp3) is 0.538. The molecule has 0 amide bonds. The molecule has 16 heavy (non-hydrogen) atoms. The van der Waals surface area contributed by atoms with Crippen molar-refractivity contribution in [2.75, 3.05) is 6.61 Å². The molecule has 1 aliphatic carbocycles. The lowest BCUT2D eigenvalue weighted by Crippen LogP contribution is -2.16. The number of hydrogen-bond acceptors (Lipinski definition) is 1. The summed E-state index contributed by atoms with van der Waals surface area (Å²) in [6, 6.07) is 4.67. The molecule has 1 aliphatic rings. The van der Waals surface area contributed by atoms with Crippen molar-refractivity contribution >= 4 is 0 Å². The van der Waals surface area contributed by atoms with Gasteiger partial charge in [-0.3, -0.25) is 0 Å². The lowest BCUT2D eigenvalue weighted by Gasteiger charge is -2.17. The van der Waals surface area contributed by atoms with Crippen molar-refractivity contribution in [3.8, 4) is 5.75 Å². The number of halogens is 2. The van der Waals surface area contributed by atoms with E-state index in [1.807, 2.05) is 6.92 Å². The zero-order valence-corrected chi connectivity index (χ0v) is 9.59. The van der Waals surface area contributed by atoms with E-state index in [9.17, 15) is 8.78 Å². The van der Waals surface area contributed by atoms with Crippen LogP contribution in [0.5, 0.6) is 5.75 Å². The van der Waals surface area contributed by atoms with Gasteiger partial charge in [-0.15, -0.1) is 0 Å². The molecule has 88 valence electrons. The normalized spacial score (nSPS) is 16.2. The van der Waals surface area contributed by atoms with Crippen molar-refractivity contribution in [2.45, 2.75) is 32.6 Å². The minimum Gasteiger partial charge on any atom is -0.494 e. The fourth-order valence-corrected chi connectivity index (χ4v) is 1.86. The van der Waals surface area contributed by atoms with Crippen LogP contribution in [0.2, 0.25) is 0 Å². The molecule has 3 heteroatoms. The summed E-state index contributed by atoms with van der Waals surface area (Å²) in [5.74, 6) is -2.43. The Labute approximate surface area is 94.4 Å². The first kappa shape index (κ1) is 11.4. The SMILES string of the molecule is CCOc1ccc(C(F)(F)C2CC2)cc1C. The molecule has 2 rings (SSSR count). The average molecular weight is 226 g/mol. The van der Waals surface area contributed by atoms with E-state index in [1.54, 1.807) is 19.1 Å². The van der Waals surface area contributed by atoms with Gasteiger partial charge < -0.3 is 4.74 Å². The molecule has 0 aromatic heterocycles. The van der Waals surface area contributed by atoms with Crippen LogP contribution in [0.25, 0.3) is 0 Å². The van der Waals surface area contributed by atoms with Gasteiger partial charge in [-0.2, -0.15) is 0 Å². The third-order valence-electron chi connectivity index (χ3n) is 2.95. The van der Waals surface area contributed by atoms with Gasteiger partial charge >= 0.3 is 0 Å². The number of benzene rings is 1. The van der Waals surface area contributed by atoms with Gasteiger partial charge in [-0.25, -0.2) is 8.78 Å². The van der Waals surface area contributed by atoms with E-state index >= 15 is 0 Å². The Bertz CT molecular complexity index is 384. The Morgan fingerprint density at radius 2 is 2.06 bits per heavy atom. The third-order valence-corrected chi connectivity index (χ3v) is 2.95. The lowest BCUT2D eigenvalue weighted by atomic mass is 10.0. The Morgan fingerprint density at radius 1 is 1.38 bits per heavy atom. The molecule has 1 nitrogen and oxygen atoms in total. The van der Waals surface area contributed by atoms with E-state index in [2.05, 4.69) is 0 Å². The lowest BCUT2D eigenvalue weighted by molar-refractivity contribution is -0.0286. The predicted octanol–water partition coefficient (Wildman–Crippen LogP) is 3.90. The van der Waals surface area contributed by atoms with Crippen molar-refractivity contribution in [2.24, 2.45) is 5.92 Å². The smallest absolute Gasteiger partial charge is 0.276 e. The summed E-state index contributed by atoms with van der Waals surface area (Å²) < 4.78 is 32.9. The molecule has 1 fully saturated rings. The van der Waals surface area contributed by atoms with Gasteiger partial charge in [0.25, 0.3) is 5.92 Å². The highest BCUT2D eigenvalue weighted by molar-refractivity contribution is 5.38. The summed E-state index contributed by atoms with van der Waals surface area (Å²) in [6.45, 7) is 4.24. The Morgan fingerprint density at radius 3 is 2.56 bits per heavy atom. The highest BCUT2D eigenvalue weighted by atomic mass is 19.3. The van der Waals surface area contributed by atoms with E-state index in [4.69, 9.17) is 4.74 Å². The molecule has 1 aromatic carbocycles. The van der Waals surface area contributed by atoms with Crippen molar-refractivity contribution in [1.82, 2.24) is 0 Å². The highest BCUT2D eigenvalue weighted by Crippen LogP contribution is 2.50.